The van der Waals surface area contributed by atoms with E-state index in [0.717, 1.165) is 16.8 Å². The maximum absolute atomic E-state index is 13.6. The van der Waals surface area contributed by atoms with E-state index in [-0.39, 0.29) is 5.75 Å². The number of benzene rings is 2. The number of hydrogen-bond donors (Lipinski definition) is 2. The first kappa shape index (κ1) is 20.7. The van der Waals surface area contributed by atoms with Crippen LogP contribution in [0.4, 0.5) is 4.79 Å². The third-order valence-corrected chi connectivity index (χ3v) is 6.23. The highest BCUT2D eigenvalue weighted by Crippen LogP contribution is 2.35. The number of pyridine rings is 1. The van der Waals surface area contributed by atoms with Crippen LogP contribution in [0, 0.1) is 0 Å². The average Bonchev–Trinajstić information content (AvgIpc) is 3.38. The Bertz CT molecular complexity index is 1300. The first-order valence-corrected chi connectivity index (χ1v) is 11.1. The zero-order chi connectivity index (χ0) is 22.8. The van der Waals surface area contributed by atoms with E-state index in [1.165, 1.54) is 0 Å². The number of carbonyl (C=O) groups is 3. The molecular weight excluding hydrogens is 440 g/mol. The van der Waals surface area contributed by atoms with Gasteiger partial charge < -0.3 is 5.32 Å². The highest BCUT2D eigenvalue weighted by atomic mass is 32.2. The fourth-order valence-corrected chi connectivity index (χ4v) is 4.49. The van der Waals surface area contributed by atoms with Crippen LogP contribution in [0.15, 0.2) is 90.2 Å². The summed E-state index contributed by atoms with van der Waals surface area (Å²) in [6.45, 7) is 0. The molecule has 0 aliphatic carbocycles. The van der Waals surface area contributed by atoms with Crippen molar-refractivity contribution in [2.75, 3.05) is 5.75 Å². The molecule has 1 saturated heterocycles. The third-order valence-electron chi connectivity index (χ3n) is 5.29. The van der Waals surface area contributed by atoms with Gasteiger partial charge in [0.1, 0.15) is 0 Å². The molecule has 164 valence electrons. The Morgan fingerprint density at radius 3 is 2.21 bits per heavy atom. The molecule has 5 rings (SSSR count). The Balaban J connectivity index is 1.37. The van der Waals surface area contributed by atoms with Gasteiger partial charge in [-0.1, -0.05) is 78.5 Å². The lowest BCUT2D eigenvalue weighted by molar-refractivity contribution is -0.137. The van der Waals surface area contributed by atoms with E-state index in [9.17, 15) is 14.4 Å². The van der Waals surface area contributed by atoms with Crippen molar-refractivity contribution in [1.29, 1.82) is 0 Å². The van der Waals surface area contributed by atoms with Crippen LogP contribution in [0.1, 0.15) is 11.1 Å². The Morgan fingerprint density at radius 2 is 1.55 bits per heavy atom. The van der Waals surface area contributed by atoms with Crippen molar-refractivity contribution in [2.45, 2.75) is 10.7 Å². The third kappa shape index (κ3) is 3.60. The summed E-state index contributed by atoms with van der Waals surface area (Å²) in [7, 11) is 0. The minimum Gasteiger partial charge on any atom is -0.314 e. The van der Waals surface area contributed by atoms with Gasteiger partial charge in [-0.2, -0.15) is 5.01 Å². The molecule has 0 radical (unpaired) electrons. The van der Waals surface area contributed by atoms with E-state index in [0.29, 0.717) is 21.9 Å². The van der Waals surface area contributed by atoms with Crippen LogP contribution < -0.4 is 10.7 Å². The summed E-state index contributed by atoms with van der Waals surface area (Å²) in [5, 5.41) is 12.2. The molecule has 4 amide bonds. The summed E-state index contributed by atoms with van der Waals surface area (Å²) >= 11 is 1.15. The number of hydrazine groups is 1. The molecule has 0 spiro atoms. The van der Waals surface area contributed by atoms with Crippen molar-refractivity contribution in [3.63, 3.8) is 0 Å². The van der Waals surface area contributed by atoms with Gasteiger partial charge in [-0.3, -0.25) is 19.4 Å². The maximum Gasteiger partial charge on any atom is 0.344 e. The molecular formula is C23H18N6O3S. The molecule has 0 saturated carbocycles. The van der Waals surface area contributed by atoms with Crippen LogP contribution in [0.3, 0.4) is 0 Å². The number of urea groups is 1. The number of rotatable bonds is 6. The molecule has 3 heterocycles. The molecule has 0 atom stereocenters. The normalized spacial score (nSPS) is 15.0. The first-order chi connectivity index (χ1) is 16.1. The summed E-state index contributed by atoms with van der Waals surface area (Å²) in [5.41, 5.74) is 2.84. The van der Waals surface area contributed by atoms with Gasteiger partial charge in [-0.25, -0.2) is 4.79 Å². The number of thioether (sulfide) groups is 1. The van der Waals surface area contributed by atoms with Crippen molar-refractivity contribution in [2.24, 2.45) is 0 Å². The number of hydrogen-bond acceptors (Lipinski definition) is 6. The number of fused-ring (bicyclic) bond motifs is 1. The highest BCUT2D eigenvalue weighted by Gasteiger charge is 2.54. The van der Waals surface area contributed by atoms with E-state index in [1.807, 2.05) is 24.3 Å². The quantitative estimate of drug-likeness (QED) is 0.339. The molecule has 4 aromatic rings. The van der Waals surface area contributed by atoms with Crippen LogP contribution in [0.25, 0.3) is 5.65 Å². The monoisotopic (exact) mass is 458 g/mol. The van der Waals surface area contributed by atoms with E-state index in [2.05, 4.69) is 20.9 Å². The molecule has 1 aliphatic heterocycles. The number of nitrogens with zero attached hydrogens (tertiary/aromatic N) is 4. The van der Waals surface area contributed by atoms with Crippen molar-refractivity contribution < 1.29 is 14.4 Å². The number of nitrogens with one attached hydrogen (secondary N) is 2. The van der Waals surface area contributed by atoms with Gasteiger partial charge in [0.2, 0.25) is 5.91 Å². The molecule has 33 heavy (non-hydrogen) atoms. The first-order valence-electron chi connectivity index (χ1n) is 10.1. The topological polar surface area (TPSA) is 109 Å². The average molecular weight is 459 g/mol. The Hall–Kier alpha value is -4.18. The van der Waals surface area contributed by atoms with E-state index in [4.69, 9.17) is 0 Å². The largest absolute Gasteiger partial charge is 0.344 e. The Kier molecular flexibility index (Phi) is 5.27. The summed E-state index contributed by atoms with van der Waals surface area (Å²) < 4.78 is 1.75. The van der Waals surface area contributed by atoms with Crippen molar-refractivity contribution in [1.82, 2.24) is 30.3 Å². The summed E-state index contributed by atoms with van der Waals surface area (Å²) in [4.78, 5) is 39.1. The molecule has 2 N–H and O–H groups in total. The van der Waals surface area contributed by atoms with Crippen molar-refractivity contribution >= 4 is 35.3 Å². The zero-order valence-corrected chi connectivity index (χ0v) is 18.0. The lowest BCUT2D eigenvalue weighted by atomic mass is 9.83. The molecule has 9 nitrogen and oxygen atoms in total. The standard InChI is InChI=1S/C23H18N6O3S/c30-19(15-33-22-26-25-18-13-7-8-14-28(18)22)27-29-20(31)23(24-21(29)32,16-9-3-1-4-10-16)17-11-5-2-6-12-17/h1-14H,15H2,(H,24,32)(H,27,30). The van der Waals surface area contributed by atoms with Crippen molar-refractivity contribution in [3.05, 3.63) is 96.2 Å². The lowest BCUT2D eigenvalue weighted by Crippen LogP contribution is -2.49. The maximum atomic E-state index is 13.6. The van der Waals surface area contributed by atoms with Gasteiger partial charge in [0.05, 0.1) is 5.75 Å². The fraction of sp³-hybridized carbons (Fsp3) is 0.0870. The molecule has 0 unspecified atom stereocenters. The van der Waals surface area contributed by atoms with Gasteiger partial charge in [0.25, 0.3) is 5.91 Å². The smallest absolute Gasteiger partial charge is 0.314 e. The minimum absolute atomic E-state index is 0.0591. The predicted molar refractivity (Wildman–Crippen MR) is 121 cm³/mol. The molecule has 10 heteroatoms. The minimum atomic E-state index is -1.44. The summed E-state index contributed by atoms with van der Waals surface area (Å²) in [6, 6.07) is 22.7. The second-order valence-corrected chi connectivity index (χ2v) is 8.23. The molecule has 0 bridgehead atoms. The summed E-state index contributed by atoms with van der Waals surface area (Å²) in [5.74, 6) is -1.17. The van der Waals surface area contributed by atoms with E-state index >= 15 is 0 Å². The van der Waals surface area contributed by atoms with Gasteiger partial charge in [0.15, 0.2) is 16.3 Å². The van der Waals surface area contributed by atoms with Gasteiger partial charge in [0, 0.05) is 6.20 Å². The van der Waals surface area contributed by atoms with Gasteiger partial charge >= 0.3 is 6.03 Å². The van der Waals surface area contributed by atoms with Crippen LogP contribution in [-0.4, -0.2) is 43.2 Å². The number of imide groups is 1. The van der Waals surface area contributed by atoms with Gasteiger partial charge in [-0.15, -0.1) is 10.2 Å². The zero-order valence-electron chi connectivity index (χ0n) is 17.2. The molecule has 1 fully saturated rings. The predicted octanol–water partition coefficient (Wildman–Crippen LogP) is 2.35. The second kappa shape index (κ2) is 8.40. The second-order valence-electron chi connectivity index (χ2n) is 7.29. The van der Waals surface area contributed by atoms with Crippen LogP contribution >= 0.6 is 11.8 Å². The van der Waals surface area contributed by atoms with E-state index < -0.39 is 23.4 Å². The Labute approximate surface area is 192 Å². The SMILES string of the molecule is O=C(CSc1nnc2ccccn12)NN1C(=O)NC(c2ccccc2)(c2ccccc2)C1=O. The summed E-state index contributed by atoms with van der Waals surface area (Å²) in [6.07, 6.45) is 1.79. The lowest BCUT2D eigenvalue weighted by Gasteiger charge is -2.27. The number of amides is 4. The number of aromatic nitrogens is 3. The fourth-order valence-electron chi connectivity index (χ4n) is 3.77. The van der Waals surface area contributed by atoms with Crippen LogP contribution in [0.5, 0.6) is 0 Å². The number of carbonyl (C=O) groups excluding carboxylic acids is 3. The molecule has 2 aromatic carbocycles. The molecule has 2 aromatic heterocycles. The van der Waals surface area contributed by atoms with Crippen LogP contribution in [0.2, 0.25) is 0 Å². The highest BCUT2D eigenvalue weighted by molar-refractivity contribution is 7.99. The molecule has 1 aliphatic rings. The Morgan fingerprint density at radius 1 is 0.909 bits per heavy atom. The van der Waals surface area contributed by atoms with Crippen molar-refractivity contribution in [3.8, 4) is 0 Å². The van der Waals surface area contributed by atoms with E-state index in [1.54, 1.807) is 65.2 Å². The van der Waals surface area contributed by atoms with Crippen LogP contribution in [-0.2, 0) is 15.1 Å². The van der Waals surface area contributed by atoms with Gasteiger partial charge in [-0.05, 0) is 23.3 Å².